The zero-order chi connectivity index (χ0) is 11.4. The van der Waals surface area contributed by atoms with Crippen molar-refractivity contribution >= 4 is 5.84 Å². The minimum atomic E-state index is 0.304. The number of nitrogens with zero attached hydrogens (tertiary/aromatic N) is 2. The average molecular weight is 226 g/mol. The van der Waals surface area contributed by atoms with Gasteiger partial charge in [-0.3, -0.25) is 0 Å². The summed E-state index contributed by atoms with van der Waals surface area (Å²) in [6.45, 7) is 4.39. The fourth-order valence-corrected chi connectivity index (χ4v) is 2.37. The second-order valence-corrected chi connectivity index (χ2v) is 4.93. The van der Waals surface area contributed by atoms with Gasteiger partial charge in [-0.1, -0.05) is 5.16 Å². The van der Waals surface area contributed by atoms with Crippen LogP contribution in [-0.4, -0.2) is 48.2 Å². The maximum absolute atomic E-state index is 8.38. The summed E-state index contributed by atoms with van der Waals surface area (Å²) in [4.78, 5) is 2.62. The molecule has 1 unspecified atom stereocenters. The van der Waals surface area contributed by atoms with Crippen molar-refractivity contribution in [2.45, 2.75) is 31.7 Å². The lowest BCUT2D eigenvalue weighted by Crippen LogP contribution is -2.29. The minimum absolute atomic E-state index is 0.304. The number of amidine groups is 1. The van der Waals surface area contributed by atoms with Crippen molar-refractivity contribution in [3.05, 3.63) is 0 Å². The third-order valence-corrected chi connectivity index (χ3v) is 3.50. The molecule has 0 aromatic rings. The van der Waals surface area contributed by atoms with Crippen LogP contribution in [0.2, 0.25) is 0 Å². The van der Waals surface area contributed by atoms with Crippen LogP contribution in [0.4, 0.5) is 0 Å². The number of hydrogen-bond acceptors (Lipinski definition) is 4. The highest BCUT2D eigenvalue weighted by Gasteiger charge is 2.33. The highest BCUT2D eigenvalue weighted by atomic mass is 16.4. The van der Waals surface area contributed by atoms with E-state index < -0.39 is 0 Å². The zero-order valence-corrected chi connectivity index (χ0v) is 9.73. The van der Waals surface area contributed by atoms with E-state index in [-0.39, 0.29) is 0 Å². The molecule has 5 nitrogen and oxygen atoms in total. The number of nitrogens with one attached hydrogen (secondary N) is 1. The maximum Gasteiger partial charge on any atom is 0.140 e. The van der Waals surface area contributed by atoms with E-state index in [1.54, 1.807) is 0 Å². The summed E-state index contributed by atoms with van der Waals surface area (Å²) in [6.07, 6.45) is 4.75. The Kier molecular flexibility index (Phi) is 4.01. The fourth-order valence-electron chi connectivity index (χ4n) is 2.37. The molecule has 0 spiro atoms. The smallest absolute Gasteiger partial charge is 0.140 e. The first-order chi connectivity index (χ1) is 7.79. The summed E-state index contributed by atoms with van der Waals surface area (Å²) >= 11 is 0. The van der Waals surface area contributed by atoms with Gasteiger partial charge in [-0.15, -0.1) is 0 Å². The lowest BCUT2D eigenvalue weighted by molar-refractivity contribution is 0.311. The summed E-state index contributed by atoms with van der Waals surface area (Å²) in [5.74, 6) is 1.09. The van der Waals surface area contributed by atoms with Crippen LogP contribution in [0.25, 0.3) is 0 Å². The van der Waals surface area contributed by atoms with E-state index in [1.807, 2.05) is 0 Å². The zero-order valence-electron chi connectivity index (χ0n) is 9.73. The first-order valence-electron chi connectivity index (χ1n) is 6.20. The molecule has 0 bridgehead atoms. The van der Waals surface area contributed by atoms with Gasteiger partial charge in [0.2, 0.25) is 0 Å². The van der Waals surface area contributed by atoms with Crippen LogP contribution < -0.4 is 11.1 Å². The lowest BCUT2D eigenvalue weighted by Gasteiger charge is -2.15. The molecule has 2 fully saturated rings. The van der Waals surface area contributed by atoms with Crippen molar-refractivity contribution in [1.29, 1.82) is 0 Å². The third kappa shape index (κ3) is 3.35. The van der Waals surface area contributed by atoms with Gasteiger partial charge >= 0.3 is 0 Å². The standard InChI is InChI=1S/C11H22N4O/c12-11(14-16)3-5-13-7-9-4-6-15(8-9)10-1-2-10/h9-10,13,16H,1-8H2,(H2,12,14). The Morgan fingerprint density at radius 3 is 2.94 bits per heavy atom. The van der Waals surface area contributed by atoms with Gasteiger partial charge in [0.1, 0.15) is 5.84 Å². The van der Waals surface area contributed by atoms with E-state index >= 15 is 0 Å². The second-order valence-electron chi connectivity index (χ2n) is 4.93. The molecule has 1 saturated heterocycles. The van der Waals surface area contributed by atoms with Gasteiger partial charge in [-0.05, 0) is 38.3 Å². The van der Waals surface area contributed by atoms with Gasteiger partial charge in [0, 0.05) is 25.6 Å². The topological polar surface area (TPSA) is 73.9 Å². The van der Waals surface area contributed by atoms with Crippen LogP contribution >= 0.6 is 0 Å². The Morgan fingerprint density at radius 2 is 2.25 bits per heavy atom. The Labute approximate surface area is 96.7 Å². The fraction of sp³-hybridized carbons (Fsp3) is 0.909. The van der Waals surface area contributed by atoms with E-state index in [9.17, 15) is 0 Å². The molecule has 2 rings (SSSR count). The molecule has 5 heteroatoms. The van der Waals surface area contributed by atoms with Crippen LogP contribution in [0.15, 0.2) is 5.16 Å². The monoisotopic (exact) mass is 226 g/mol. The normalized spacial score (nSPS) is 27.5. The summed E-state index contributed by atoms with van der Waals surface area (Å²) in [7, 11) is 0. The molecular formula is C11H22N4O. The van der Waals surface area contributed by atoms with Gasteiger partial charge in [0.15, 0.2) is 0 Å². The van der Waals surface area contributed by atoms with Crippen LogP contribution in [0.1, 0.15) is 25.7 Å². The third-order valence-electron chi connectivity index (χ3n) is 3.50. The van der Waals surface area contributed by atoms with E-state index in [4.69, 9.17) is 10.9 Å². The molecule has 1 saturated carbocycles. The van der Waals surface area contributed by atoms with E-state index in [1.165, 1.54) is 32.4 Å². The Morgan fingerprint density at radius 1 is 1.44 bits per heavy atom. The maximum atomic E-state index is 8.38. The molecule has 1 atom stereocenters. The molecule has 1 heterocycles. The molecule has 4 N–H and O–H groups in total. The molecule has 92 valence electrons. The van der Waals surface area contributed by atoms with Gasteiger partial charge in [0.25, 0.3) is 0 Å². The average Bonchev–Trinajstić information content (AvgIpc) is 3.05. The summed E-state index contributed by atoms with van der Waals surface area (Å²) < 4.78 is 0. The quantitative estimate of drug-likeness (QED) is 0.199. The predicted molar refractivity (Wildman–Crippen MR) is 63.6 cm³/mol. The number of nitrogens with two attached hydrogens (primary N) is 1. The molecule has 0 radical (unpaired) electrons. The lowest BCUT2D eigenvalue weighted by atomic mass is 10.1. The minimum Gasteiger partial charge on any atom is -0.409 e. The molecule has 2 aliphatic rings. The van der Waals surface area contributed by atoms with Gasteiger partial charge in [-0.25, -0.2) is 0 Å². The Hall–Kier alpha value is -0.810. The second kappa shape index (κ2) is 5.50. The van der Waals surface area contributed by atoms with Crippen LogP contribution in [-0.2, 0) is 0 Å². The number of oxime groups is 1. The number of rotatable bonds is 6. The molecule has 16 heavy (non-hydrogen) atoms. The largest absolute Gasteiger partial charge is 0.409 e. The summed E-state index contributed by atoms with van der Waals surface area (Å²) in [5, 5.41) is 14.7. The SMILES string of the molecule is NC(CCNCC1CCN(C2CC2)C1)=NO. The molecule has 0 aromatic carbocycles. The van der Waals surface area contributed by atoms with Crippen molar-refractivity contribution in [2.75, 3.05) is 26.2 Å². The van der Waals surface area contributed by atoms with Crippen LogP contribution in [0.5, 0.6) is 0 Å². The Balaban J connectivity index is 1.53. The molecule has 0 aromatic heterocycles. The first-order valence-corrected chi connectivity index (χ1v) is 6.20. The summed E-state index contributed by atoms with van der Waals surface area (Å²) in [5.41, 5.74) is 5.39. The van der Waals surface area contributed by atoms with Gasteiger partial charge < -0.3 is 21.2 Å². The van der Waals surface area contributed by atoms with Crippen molar-refractivity contribution in [3.8, 4) is 0 Å². The number of hydrogen-bond donors (Lipinski definition) is 3. The van der Waals surface area contributed by atoms with E-state index in [0.29, 0.717) is 12.3 Å². The highest BCUT2D eigenvalue weighted by molar-refractivity contribution is 5.79. The highest BCUT2D eigenvalue weighted by Crippen LogP contribution is 2.31. The van der Waals surface area contributed by atoms with Gasteiger partial charge in [-0.2, -0.15) is 0 Å². The summed E-state index contributed by atoms with van der Waals surface area (Å²) in [6, 6.07) is 0.905. The van der Waals surface area contributed by atoms with Crippen molar-refractivity contribution in [2.24, 2.45) is 16.8 Å². The van der Waals surface area contributed by atoms with Crippen LogP contribution in [0, 0.1) is 5.92 Å². The predicted octanol–water partition coefficient (Wildman–Crippen LogP) is 0.197. The van der Waals surface area contributed by atoms with Gasteiger partial charge in [0.05, 0.1) is 0 Å². The molecule has 0 amide bonds. The molecule has 1 aliphatic carbocycles. The van der Waals surface area contributed by atoms with Crippen molar-refractivity contribution < 1.29 is 5.21 Å². The van der Waals surface area contributed by atoms with Crippen molar-refractivity contribution in [1.82, 2.24) is 10.2 Å². The molecular weight excluding hydrogens is 204 g/mol. The number of likely N-dealkylation sites (tertiary alicyclic amines) is 1. The van der Waals surface area contributed by atoms with E-state index in [0.717, 1.165) is 25.0 Å². The van der Waals surface area contributed by atoms with Crippen molar-refractivity contribution in [3.63, 3.8) is 0 Å². The van der Waals surface area contributed by atoms with Crippen LogP contribution in [0.3, 0.4) is 0 Å². The molecule has 1 aliphatic heterocycles. The Bertz CT molecular complexity index is 252. The van der Waals surface area contributed by atoms with E-state index in [2.05, 4.69) is 15.4 Å². The first kappa shape index (κ1) is 11.7.